The summed E-state index contributed by atoms with van der Waals surface area (Å²) in [5.74, 6) is 6.67. The maximum absolute atomic E-state index is 12.4. The number of nitrogens with one attached hydrogen (secondary N) is 1. The van der Waals surface area contributed by atoms with E-state index < -0.39 is 0 Å². The van der Waals surface area contributed by atoms with Crippen LogP contribution in [-0.4, -0.2) is 58.7 Å². The number of hydrogen-bond acceptors (Lipinski definition) is 5. The fraction of sp³-hybridized carbons (Fsp3) is 0.273. The summed E-state index contributed by atoms with van der Waals surface area (Å²) >= 11 is 0. The first-order chi connectivity index (χ1) is 13.9. The van der Waals surface area contributed by atoms with Gasteiger partial charge < -0.3 is 24.4 Å². The Hall–Kier alpha value is -3.66. The van der Waals surface area contributed by atoms with Crippen LogP contribution < -0.4 is 19.5 Å². The molecule has 0 saturated heterocycles. The van der Waals surface area contributed by atoms with E-state index in [-0.39, 0.29) is 18.4 Å². The van der Waals surface area contributed by atoms with E-state index in [2.05, 4.69) is 17.2 Å². The summed E-state index contributed by atoms with van der Waals surface area (Å²) in [7, 11) is 7.88. The zero-order valence-corrected chi connectivity index (χ0v) is 17.2. The highest BCUT2D eigenvalue weighted by Crippen LogP contribution is 2.38. The number of rotatable bonds is 6. The Morgan fingerprint density at radius 3 is 2.00 bits per heavy atom. The smallest absolute Gasteiger partial charge is 0.253 e. The largest absolute Gasteiger partial charge is 0.493 e. The lowest BCUT2D eigenvalue weighted by atomic mass is 10.1. The molecule has 2 aromatic rings. The molecule has 7 heteroatoms. The minimum Gasteiger partial charge on any atom is -0.493 e. The molecular formula is C22H24N2O5. The summed E-state index contributed by atoms with van der Waals surface area (Å²) in [6.45, 7) is 0.161. The zero-order chi connectivity index (χ0) is 21.4. The van der Waals surface area contributed by atoms with Gasteiger partial charge in [-0.2, -0.15) is 0 Å². The molecule has 2 amide bonds. The topological polar surface area (TPSA) is 77.1 Å². The molecule has 0 unspecified atom stereocenters. The van der Waals surface area contributed by atoms with Crippen molar-refractivity contribution in [3.63, 3.8) is 0 Å². The summed E-state index contributed by atoms with van der Waals surface area (Å²) < 4.78 is 15.8. The van der Waals surface area contributed by atoms with Crippen LogP contribution in [0.25, 0.3) is 0 Å². The second kappa shape index (κ2) is 10.0. The lowest BCUT2D eigenvalue weighted by molar-refractivity contribution is 0.0827. The van der Waals surface area contributed by atoms with E-state index in [4.69, 9.17) is 14.2 Å². The normalized spacial score (nSPS) is 9.69. The molecule has 0 fully saturated rings. The Morgan fingerprint density at radius 1 is 0.931 bits per heavy atom. The number of methoxy groups -OCH3 is 3. The summed E-state index contributed by atoms with van der Waals surface area (Å²) in [5, 5.41) is 2.73. The Bertz CT molecular complexity index is 915. The predicted molar refractivity (Wildman–Crippen MR) is 110 cm³/mol. The number of ether oxygens (including phenoxy) is 3. The predicted octanol–water partition coefficient (Wildman–Crippen LogP) is 2.20. The van der Waals surface area contributed by atoms with Gasteiger partial charge in [0.1, 0.15) is 0 Å². The first-order valence-corrected chi connectivity index (χ1v) is 8.80. The van der Waals surface area contributed by atoms with Crippen LogP contribution in [0.1, 0.15) is 26.3 Å². The van der Waals surface area contributed by atoms with Crippen LogP contribution in [-0.2, 0) is 0 Å². The fourth-order valence-electron chi connectivity index (χ4n) is 2.54. The van der Waals surface area contributed by atoms with E-state index in [0.29, 0.717) is 28.4 Å². The summed E-state index contributed by atoms with van der Waals surface area (Å²) in [4.78, 5) is 25.8. The van der Waals surface area contributed by atoms with Crippen molar-refractivity contribution in [2.24, 2.45) is 0 Å². The Balaban J connectivity index is 2.03. The van der Waals surface area contributed by atoms with Crippen LogP contribution in [0, 0.1) is 11.8 Å². The van der Waals surface area contributed by atoms with Crippen molar-refractivity contribution in [2.45, 2.75) is 0 Å². The lowest BCUT2D eigenvalue weighted by Crippen LogP contribution is -2.23. The van der Waals surface area contributed by atoms with Crippen LogP contribution in [0.5, 0.6) is 17.2 Å². The van der Waals surface area contributed by atoms with Crippen LogP contribution in [0.3, 0.4) is 0 Å². The third-order valence-corrected chi connectivity index (χ3v) is 4.04. The van der Waals surface area contributed by atoms with Crippen molar-refractivity contribution in [3.8, 4) is 29.1 Å². The number of amides is 2. The molecule has 0 saturated carbocycles. The van der Waals surface area contributed by atoms with Crippen molar-refractivity contribution in [3.05, 3.63) is 53.1 Å². The summed E-state index contributed by atoms with van der Waals surface area (Å²) in [6.07, 6.45) is 0. The SMILES string of the molecule is COc1cc(C(=O)NCC#Cc2ccc(C(=O)N(C)C)cc2)cc(OC)c1OC. The van der Waals surface area contributed by atoms with Gasteiger partial charge in [-0.1, -0.05) is 11.8 Å². The van der Waals surface area contributed by atoms with Crippen molar-refractivity contribution >= 4 is 11.8 Å². The third kappa shape index (κ3) is 5.42. The minimum absolute atomic E-state index is 0.0675. The number of hydrogen-bond donors (Lipinski definition) is 1. The van der Waals surface area contributed by atoms with Gasteiger partial charge in [0.25, 0.3) is 11.8 Å². The molecule has 29 heavy (non-hydrogen) atoms. The van der Waals surface area contributed by atoms with Crippen molar-refractivity contribution in [1.82, 2.24) is 10.2 Å². The van der Waals surface area contributed by atoms with E-state index >= 15 is 0 Å². The Labute approximate surface area is 170 Å². The average Bonchev–Trinajstić information content (AvgIpc) is 2.75. The van der Waals surface area contributed by atoms with Crippen molar-refractivity contribution in [2.75, 3.05) is 42.0 Å². The molecule has 0 radical (unpaired) electrons. The first-order valence-electron chi connectivity index (χ1n) is 8.80. The highest BCUT2D eigenvalue weighted by atomic mass is 16.5. The Kier molecular flexibility index (Phi) is 7.49. The molecule has 0 spiro atoms. The van der Waals surface area contributed by atoms with Gasteiger partial charge in [0.2, 0.25) is 5.75 Å². The molecule has 2 aromatic carbocycles. The Morgan fingerprint density at radius 2 is 1.52 bits per heavy atom. The second-order valence-electron chi connectivity index (χ2n) is 6.18. The van der Waals surface area contributed by atoms with Gasteiger partial charge in [-0.25, -0.2) is 0 Å². The molecular weight excluding hydrogens is 372 g/mol. The zero-order valence-electron chi connectivity index (χ0n) is 17.2. The lowest BCUT2D eigenvalue weighted by Gasteiger charge is -2.13. The molecule has 0 aliphatic carbocycles. The highest BCUT2D eigenvalue weighted by molar-refractivity contribution is 5.96. The average molecular weight is 396 g/mol. The van der Waals surface area contributed by atoms with Crippen LogP contribution >= 0.6 is 0 Å². The van der Waals surface area contributed by atoms with Crippen molar-refractivity contribution in [1.29, 1.82) is 0 Å². The van der Waals surface area contributed by atoms with E-state index in [9.17, 15) is 9.59 Å². The van der Waals surface area contributed by atoms with Gasteiger partial charge in [-0.15, -0.1) is 0 Å². The van der Waals surface area contributed by atoms with Crippen LogP contribution in [0.4, 0.5) is 0 Å². The standard InChI is InChI=1S/C22H24N2O5/c1-24(2)22(26)16-10-8-15(9-11-16)7-6-12-23-21(25)17-13-18(27-3)20(29-5)19(14-17)28-4/h8-11,13-14H,12H2,1-5H3,(H,23,25). The number of nitrogens with zero attached hydrogens (tertiary/aromatic N) is 1. The maximum atomic E-state index is 12.4. The van der Waals surface area contributed by atoms with Gasteiger partial charge in [-0.3, -0.25) is 9.59 Å². The van der Waals surface area contributed by atoms with E-state index in [0.717, 1.165) is 5.56 Å². The van der Waals surface area contributed by atoms with Gasteiger partial charge in [0, 0.05) is 30.8 Å². The van der Waals surface area contributed by atoms with E-state index in [1.807, 2.05) is 0 Å². The molecule has 7 nitrogen and oxygen atoms in total. The molecule has 0 aliphatic heterocycles. The van der Waals surface area contributed by atoms with E-state index in [1.165, 1.54) is 26.2 Å². The highest BCUT2D eigenvalue weighted by Gasteiger charge is 2.16. The first kappa shape index (κ1) is 21.6. The van der Waals surface area contributed by atoms with Crippen molar-refractivity contribution < 1.29 is 23.8 Å². The number of carbonyl (C=O) groups excluding carboxylic acids is 2. The minimum atomic E-state index is -0.314. The van der Waals surface area contributed by atoms with Gasteiger partial charge >= 0.3 is 0 Å². The quantitative estimate of drug-likeness (QED) is 0.758. The van der Waals surface area contributed by atoms with Crippen LogP contribution in [0.2, 0.25) is 0 Å². The summed E-state index contributed by atoms with van der Waals surface area (Å²) in [5.41, 5.74) is 1.71. The van der Waals surface area contributed by atoms with Crippen LogP contribution in [0.15, 0.2) is 36.4 Å². The van der Waals surface area contributed by atoms with Gasteiger partial charge in [0.15, 0.2) is 11.5 Å². The molecule has 2 rings (SSSR count). The fourth-order valence-corrected chi connectivity index (χ4v) is 2.54. The third-order valence-electron chi connectivity index (χ3n) is 4.04. The molecule has 0 atom stereocenters. The number of carbonyl (C=O) groups is 2. The van der Waals surface area contributed by atoms with Gasteiger partial charge in [-0.05, 0) is 36.4 Å². The number of benzene rings is 2. The molecule has 1 N–H and O–H groups in total. The van der Waals surface area contributed by atoms with E-state index in [1.54, 1.807) is 50.5 Å². The summed E-state index contributed by atoms with van der Waals surface area (Å²) in [6, 6.07) is 10.1. The molecule has 0 bridgehead atoms. The monoisotopic (exact) mass is 396 g/mol. The molecule has 152 valence electrons. The molecule has 0 heterocycles. The second-order valence-corrected chi connectivity index (χ2v) is 6.18. The molecule has 0 aliphatic rings. The molecule has 0 aromatic heterocycles. The van der Waals surface area contributed by atoms with Gasteiger partial charge in [0.05, 0.1) is 27.9 Å². The maximum Gasteiger partial charge on any atom is 0.253 e.